The maximum atomic E-state index is 10.9. The zero-order chi connectivity index (χ0) is 8.48. The van der Waals surface area contributed by atoms with Gasteiger partial charge >= 0.3 is 0 Å². The molecule has 2 N–H and O–H groups in total. The van der Waals surface area contributed by atoms with Crippen LogP contribution in [0, 0.1) is 5.41 Å². The number of carbonyl (C=O) groups excluding carboxylic acids is 1. The fourth-order valence-corrected chi connectivity index (χ4v) is 1.15. The Kier molecular flexibility index (Phi) is 2.18. The third-order valence-corrected chi connectivity index (χ3v) is 2.01. The van der Waals surface area contributed by atoms with Gasteiger partial charge < -0.3 is 10.6 Å². The van der Waals surface area contributed by atoms with E-state index >= 15 is 0 Å². The zero-order valence-corrected chi connectivity index (χ0v) is 7.40. The lowest BCUT2D eigenvalue weighted by Crippen LogP contribution is -2.57. The first kappa shape index (κ1) is 8.53. The minimum absolute atomic E-state index is 0.108. The molecular weight excluding hydrogens is 140 g/mol. The van der Waals surface area contributed by atoms with Crippen LogP contribution in [0.25, 0.3) is 0 Å². The fraction of sp³-hybridized carbons (Fsp3) is 0.875. The Labute approximate surface area is 67.5 Å². The van der Waals surface area contributed by atoms with Crippen molar-refractivity contribution in [1.82, 2.24) is 10.6 Å². The van der Waals surface area contributed by atoms with E-state index in [1.807, 2.05) is 0 Å². The van der Waals surface area contributed by atoms with Crippen LogP contribution >= 0.6 is 0 Å². The Hall–Kier alpha value is -0.570. The molecule has 0 spiro atoms. The highest BCUT2D eigenvalue weighted by Crippen LogP contribution is 2.19. The number of amides is 1. The van der Waals surface area contributed by atoms with Crippen molar-refractivity contribution in [3.63, 3.8) is 0 Å². The molecular formula is C8H16N2O. The van der Waals surface area contributed by atoms with Gasteiger partial charge in [-0.15, -0.1) is 0 Å². The van der Waals surface area contributed by atoms with E-state index in [4.69, 9.17) is 0 Å². The quantitative estimate of drug-likeness (QED) is 0.523. The summed E-state index contributed by atoms with van der Waals surface area (Å²) in [5.41, 5.74) is 0.156. The number of hydrogen-bond acceptors (Lipinski definition) is 2. The predicted octanol–water partition coefficient (Wildman–Crippen LogP) is 0.120. The molecule has 1 aliphatic rings. The van der Waals surface area contributed by atoms with Crippen molar-refractivity contribution in [2.45, 2.75) is 26.8 Å². The number of piperazine rings is 1. The lowest BCUT2D eigenvalue weighted by atomic mass is 9.86. The lowest BCUT2D eigenvalue weighted by Gasteiger charge is -2.34. The van der Waals surface area contributed by atoms with Crippen LogP contribution < -0.4 is 10.6 Å². The smallest absolute Gasteiger partial charge is 0.234 e. The number of nitrogens with one attached hydrogen (secondary N) is 2. The van der Waals surface area contributed by atoms with Crippen LogP contribution in [-0.4, -0.2) is 25.0 Å². The van der Waals surface area contributed by atoms with E-state index in [1.165, 1.54) is 0 Å². The molecule has 1 heterocycles. The van der Waals surface area contributed by atoms with E-state index in [9.17, 15) is 4.79 Å². The normalized spacial score (nSPS) is 26.5. The van der Waals surface area contributed by atoms with Crippen molar-refractivity contribution < 1.29 is 4.79 Å². The molecule has 0 saturated carbocycles. The minimum atomic E-state index is 0.108. The van der Waals surface area contributed by atoms with Crippen molar-refractivity contribution in [3.05, 3.63) is 0 Å². The van der Waals surface area contributed by atoms with Crippen LogP contribution in [0.5, 0.6) is 0 Å². The molecule has 0 aliphatic carbocycles. The van der Waals surface area contributed by atoms with Gasteiger partial charge in [-0.1, -0.05) is 20.8 Å². The van der Waals surface area contributed by atoms with E-state index in [1.54, 1.807) is 0 Å². The minimum Gasteiger partial charge on any atom is -0.350 e. The van der Waals surface area contributed by atoms with E-state index in [0.29, 0.717) is 6.54 Å². The van der Waals surface area contributed by atoms with Crippen LogP contribution in [-0.2, 0) is 4.79 Å². The summed E-state index contributed by atoms with van der Waals surface area (Å²) in [5.74, 6) is 0.108. The predicted molar refractivity (Wildman–Crippen MR) is 44.3 cm³/mol. The van der Waals surface area contributed by atoms with Gasteiger partial charge in [0.1, 0.15) is 0 Å². The van der Waals surface area contributed by atoms with Crippen LogP contribution in [0.4, 0.5) is 0 Å². The van der Waals surface area contributed by atoms with Gasteiger partial charge in [0.2, 0.25) is 5.91 Å². The van der Waals surface area contributed by atoms with Gasteiger partial charge in [-0.25, -0.2) is 0 Å². The van der Waals surface area contributed by atoms with Crippen molar-refractivity contribution in [3.8, 4) is 0 Å². The van der Waals surface area contributed by atoms with Crippen molar-refractivity contribution >= 4 is 5.91 Å². The highest BCUT2D eigenvalue weighted by molar-refractivity contribution is 5.79. The average molecular weight is 156 g/mol. The standard InChI is InChI=1S/C8H16N2O/c1-8(2,3)6-4-9-5-7(11)10-6/h6,9H,4-5H2,1-3H3,(H,10,11). The third kappa shape index (κ3) is 2.19. The molecule has 64 valence electrons. The number of carbonyl (C=O) groups is 1. The van der Waals surface area contributed by atoms with Gasteiger partial charge in [0.05, 0.1) is 6.54 Å². The topological polar surface area (TPSA) is 41.1 Å². The summed E-state index contributed by atoms with van der Waals surface area (Å²) in [6.07, 6.45) is 0. The largest absolute Gasteiger partial charge is 0.350 e. The molecule has 0 aromatic rings. The number of hydrogen-bond donors (Lipinski definition) is 2. The monoisotopic (exact) mass is 156 g/mol. The summed E-state index contributed by atoms with van der Waals surface area (Å²) in [5, 5.41) is 6.03. The first-order valence-corrected chi connectivity index (χ1v) is 4.00. The van der Waals surface area contributed by atoms with Gasteiger partial charge in [0.25, 0.3) is 0 Å². The van der Waals surface area contributed by atoms with E-state index in [2.05, 4.69) is 31.4 Å². The summed E-state index contributed by atoms with van der Waals surface area (Å²) < 4.78 is 0. The summed E-state index contributed by atoms with van der Waals surface area (Å²) in [7, 11) is 0. The molecule has 0 radical (unpaired) electrons. The third-order valence-electron chi connectivity index (χ3n) is 2.01. The molecule has 3 nitrogen and oxygen atoms in total. The molecule has 0 aromatic heterocycles. The van der Waals surface area contributed by atoms with Gasteiger partial charge in [-0.3, -0.25) is 4.79 Å². The Morgan fingerprint density at radius 1 is 1.45 bits per heavy atom. The molecule has 11 heavy (non-hydrogen) atoms. The second-order valence-corrected chi connectivity index (χ2v) is 4.12. The molecule has 1 aliphatic heterocycles. The first-order valence-electron chi connectivity index (χ1n) is 4.00. The molecule has 1 amide bonds. The number of rotatable bonds is 0. The van der Waals surface area contributed by atoms with Crippen LogP contribution in [0.2, 0.25) is 0 Å². The zero-order valence-electron chi connectivity index (χ0n) is 7.40. The molecule has 1 unspecified atom stereocenters. The highest BCUT2D eigenvalue weighted by atomic mass is 16.2. The molecule has 1 saturated heterocycles. The van der Waals surface area contributed by atoms with E-state index in [0.717, 1.165) is 6.54 Å². The van der Waals surface area contributed by atoms with Crippen molar-refractivity contribution in [2.24, 2.45) is 5.41 Å². The van der Waals surface area contributed by atoms with Gasteiger partial charge in [0.15, 0.2) is 0 Å². The summed E-state index contributed by atoms with van der Waals surface area (Å²) in [4.78, 5) is 10.9. The molecule has 0 bridgehead atoms. The molecule has 1 rings (SSSR count). The van der Waals surface area contributed by atoms with E-state index in [-0.39, 0.29) is 17.4 Å². The van der Waals surface area contributed by atoms with Gasteiger partial charge in [0, 0.05) is 12.6 Å². The van der Waals surface area contributed by atoms with Gasteiger partial charge in [-0.05, 0) is 5.41 Å². The van der Waals surface area contributed by atoms with Crippen molar-refractivity contribution in [2.75, 3.05) is 13.1 Å². The second kappa shape index (κ2) is 2.81. The van der Waals surface area contributed by atoms with Crippen molar-refractivity contribution in [1.29, 1.82) is 0 Å². The van der Waals surface area contributed by atoms with Crippen LogP contribution in [0.15, 0.2) is 0 Å². The Balaban J connectivity index is 2.53. The Morgan fingerprint density at radius 2 is 2.09 bits per heavy atom. The first-order chi connectivity index (χ1) is 5.00. The fourth-order valence-electron chi connectivity index (χ4n) is 1.15. The van der Waals surface area contributed by atoms with Crippen LogP contribution in [0.3, 0.4) is 0 Å². The van der Waals surface area contributed by atoms with E-state index < -0.39 is 0 Å². The average Bonchev–Trinajstić information content (AvgIpc) is 1.86. The molecule has 0 aromatic carbocycles. The summed E-state index contributed by atoms with van der Waals surface area (Å²) in [6.45, 7) is 7.74. The second-order valence-electron chi connectivity index (χ2n) is 4.12. The lowest BCUT2D eigenvalue weighted by molar-refractivity contribution is -0.123. The summed E-state index contributed by atoms with van der Waals surface area (Å²) in [6, 6.07) is 0.267. The maximum Gasteiger partial charge on any atom is 0.234 e. The Bertz CT molecular complexity index is 160. The Morgan fingerprint density at radius 3 is 2.45 bits per heavy atom. The maximum absolute atomic E-state index is 10.9. The molecule has 1 fully saturated rings. The van der Waals surface area contributed by atoms with Gasteiger partial charge in [-0.2, -0.15) is 0 Å². The molecule has 3 heteroatoms. The molecule has 1 atom stereocenters. The highest BCUT2D eigenvalue weighted by Gasteiger charge is 2.28. The summed E-state index contributed by atoms with van der Waals surface area (Å²) >= 11 is 0. The SMILES string of the molecule is CC(C)(C)C1CNCC(=O)N1. The van der Waals surface area contributed by atoms with Crippen LogP contribution in [0.1, 0.15) is 20.8 Å².